The minimum absolute atomic E-state index is 0.248. The quantitative estimate of drug-likeness (QED) is 0.731. The molecule has 0 fully saturated rings. The highest BCUT2D eigenvalue weighted by Crippen LogP contribution is 2.22. The normalized spacial score (nSPS) is 12.0. The van der Waals surface area contributed by atoms with Gasteiger partial charge in [0.2, 0.25) is 0 Å². The maximum atomic E-state index is 6.18. The molecule has 1 atom stereocenters. The zero-order valence-corrected chi connectivity index (χ0v) is 13.1. The number of nitrogens with two attached hydrogens (primary N) is 1. The molecule has 0 saturated carbocycles. The standard InChI is InChI=1S/C17H20N6/c1-13(8-9-14-6-3-2-4-7-14)22-16-15(18)17(20-12-19-16)23-11-5-10-21-23/h2-7,10-13H,8-9,18H2,1H3,(H,19,20,22). The molecule has 6 nitrogen and oxygen atoms in total. The second kappa shape index (κ2) is 6.91. The van der Waals surface area contributed by atoms with Gasteiger partial charge in [-0.05, 0) is 31.4 Å². The van der Waals surface area contributed by atoms with Gasteiger partial charge in [0.1, 0.15) is 12.0 Å². The molecule has 0 spiro atoms. The summed E-state index contributed by atoms with van der Waals surface area (Å²) in [5.74, 6) is 1.23. The number of hydrogen-bond acceptors (Lipinski definition) is 5. The molecule has 23 heavy (non-hydrogen) atoms. The number of anilines is 2. The highest BCUT2D eigenvalue weighted by Gasteiger charge is 2.12. The van der Waals surface area contributed by atoms with E-state index >= 15 is 0 Å². The molecule has 0 amide bonds. The van der Waals surface area contributed by atoms with E-state index in [1.165, 1.54) is 11.9 Å². The Morgan fingerprint density at radius 1 is 1.17 bits per heavy atom. The maximum Gasteiger partial charge on any atom is 0.181 e. The van der Waals surface area contributed by atoms with Gasteiger partial charge in [0.15, 0.2) is 11.6 Å². The summed E-state index contributed by atoms with van der Waals surface area (Å²) in [5.41, 5.74) is 8.01. The molecule has 2 aromatic heterocycles. The molecule has 1 unspecified atom stereocenters. The largest absolute Gasteiger partial charge is 0.393 e. The summed E-state index contributed by atoms with van der Waals surface area (Å²) in [6, 6.07) is 12.5. The smallest absolute Gasteiger partial charge is 0.181 e. The van der Waals surface area contributed by atoms with Crippen LogP contribution in [0.1, 0.15) is 18.9 Å². The fraction of sp³-hybridized carbons (Fsp3) is 0.235. The van der Waals surface area contributed by atoms with Crippen molar-refractivity contribution in [3.05, 3.63) is 60.7 Å². The first-order valence-corrected chi connectivity index (χ1v) is 7.65. The Morgan fingerprint density at radius 3 is 2.74 bits per heavy atom. The van der Waals surface area contributed by atoms with Crippen LogP contribution in [0.4, 0.5) is 11.5 Å². The maximum absolute atomic E-state index is 6.18. The van der Waals surface area contributed by atoms with Crippen molar-refractivity contribution in [1.29, 1.82) is 0 Å². The van der Waals surface area contributed by atoms with Crippen LogP contribution in [-0.4, -0.2) is 25.8 Å². The molecule has 6 heteroatoms. The molecule has 3 rings (SSSR count). The number of aryl methyl sites for hydroxylation is 1. The number of hydrogen-bond donors (Lipinski definition) is 2. The Labute approximate surface area is 135 Å². The minimum atomic E-state index is 0.248. The lowest BCUT2D eigenvalue weighted by atomic mass is 10.1. The third kappa shape index (κ3) is 3.66. The van der Waals surface area contributed by atoms with Gasteiger partial charge in [0.25, 0.3) is 0 Å². The Hall–Kier alpha value is -2.89. The lowest BCUT2D eigenvalue weighted by Gasteiger charge is -2.17. The molecule has 0 aliphatic rings. The number of rotatable bonds is 6. The number of aromatic nitrogens is 4. The molecule has 1 aromatic carbocycles. The molecule has 118 valence electrons. The summed E-state index contributed by atoms with van der Waals surface area (Å²) in [6.45, 7) is 2.12. The van der Waals surface area contributed by atoms with Gasteiger partial charge in [-0.1, -0.05) is 30.3 Å². The lowest BCUT2D eigenvalue weighted by Crippen LogP contribution is -2.19. The van der Waals surface area contributed by atoms with Gasteiger partial charge in [0, 0.05) is 18.4 Å². The monoisotopic (exact) mass is 308 g/mol. The molecule has 0 radical (unpaired) electrons. The molecule has 0 aliphatic carbocycles. The van der Waals surface area contributed by atoms with E-state index in [9.17, 15) is 0 Å². The molecule has 3 aromatic rings. The third-order valence-corrected chi connectivity index (χ3v) is 3.68. The SMILES string of the molecule is CC(CCc1ccccc1)Nc1ncnc(-n2cccn2)c1N. The summed E-state index contributed by atoms with van der Waals surface area (Å²) < 4.78 is 1.64. The van der Waals surface area contributed by atoms with Gasteiger partial charge in [-0.15, -0.1) is 0 Å². The van der Waals surface area contributed by atoms with Gasteiger partial charge in [-0.3, -0.25) is 0 Å². The molecule has 3 N–H and O–H groups in total. The first-order chi connectivity index (χ1) is 11.2. The van der Waals surface area contributed by atoms with E-state index in [1.807, 2.05) is 12.1 Å². The number of nitrogens with one attached hydrogen (secondary N) is 1. The van der Waals surface area contributed by atoms with Gasteiger partial charge in [0.05, 0.1) is 0 Å². The predicted octanol–water partition coefficient (Wildman–Crippen LogP) is 2.68. The Bertz CT molecular complexity index is 739. The van der Waals surface area contributed by atoms with Gasteiger partial charge < -0.3 is 11.1 Å². The fourth-order valence-electron chi connectivity index (χ4n) is 2.41. The average Bonchev–Trinajstić information content (AvgIpc) is 3.10. The van der Waals surface area contributed by atoms with Crippen molar-refractivity contribution in [2.75, 3.05) is 11.1 Å². The van der Waals surface area contributed by atoms with Crippen LogP contribution < -0.4 is 11.1 Å². The van der Waals surface area contributed by atoms with Crippen molar-refractivity contribution < 1.29 is 0 Å². The van der Waals surface area contributed by atoms with E-state index in [4.69, 9.17) is 5.73 Å². The van der Waals surface area contributed by atoms with Crippen molar-refractivity contribution in [2.45, 2.75) is 25.8 Å². The van der Waals surface area contributed by atoms with E-state index in [2.05, 4.69) is 51.6 Å². The van der Waals surface area contributed by atoms with Crippen molar-refractivity contribution in [1.82, 2.24) is 19.7 Å². The molecule has 0 saturated heterocycles. The number of benzene rings is 1. The van der Waals surface area contributed by atoms with Gasteiger partial charge >= 0.3 is 0 Å². The van der Waals surface area contributed by atoms with Crippen molar-refractivity contribution in [3.63, 3.8) is 0 Å². The third-order valence-electron chi connectivity index (χ3n) is 3.68. The second-order valence-electron chi connectivity index (χ2n) is 5.48. The predicted molar refractivity (Wildman–Crippen MR) is 91.4 cm³/mol. The van der Waals surface area contributed by atoms with Gasteiger partial charge in [-0.2, -0.15) is 5.10 Å². The molecule has 0 aliphatic heterocycles. The Balaban J connectivity index is 1.67. The highest BCUT2D eigenvalue weighted by atomic mass is 15.3. The van der Waals surface area contributed by atoms with E-state index in [-0.39, 0.29) is 6.04 Å². The number of nitrogens with zero attached hydrogens (tertiary/aromatic N) is 4. The summed E-state index contributed by atoms with van der Waals surface area (Å²) in [4.78, 5) is 8.46. The topological polar surface area (TPSA) is 81.7 Å². The van der Waals surface area contributed by atoms with Crippen LogP contribution >= 0.6 is 0 Å². The van der Waals surface area contributed by atoms with Crippen LogP contribution in [-0.2, 0) is 6.42 Å². The second-order valence-corrected chi connectivity index (χ2v) is 5.48. The first-order valence-electron chi connectivity index (χ1n) is 7.65. The van der Waals surface area contributed by atoms with Crippen molar-refractivity contribution in [2.24, 2.45) is 0 Å². The zero-order valence-electron chi connectivity index (χ0n) is 13.1. The Kier molecular flexibility index (Phi) is 4.52. The Morgan fingerprint density at radius 2 is 2.00 bits per heavy atom. The van der Waals surface area contributed by atoms with Crippen molar-refractivity contribution >= 4 is 11.5 Å². The van der Waals surface area contributed by atoms with E-state index in [0.29, 0.717) is 17.3 Å². The molecular weight excluding hydrogens is 288 g/mol. The van der Waals surface area contributed by atoms with Gasteiger partial charge in [-0.25, -0.2) is 14.6 Å². The summed E-state index contributed by atoms with van der Waals surface area (Å²) in [6.07, 6.45) is 6.99. The average molecular weight is 308 g/mol. The fourth-order valence-corrected chi connectivity index (χ4v) is 2.41. The van der Waals surface area contributed by atoms with E-state index in [0.717, 1.165) is 12.8 Å². The van der Waals surface area contributed by atoms with E-state index in [1.54, 1.807) is 17.1 Å². The zero-order chi connectivity index (χ0) is 16.1. The summed E-state index contributed by atoms with van der Waals surface area (Å²) in [7, 11) is 0. The highest BCUT2D eigenvalue weighted by molar-refractivity contribution is 5.69. The molecular formula is C17H20N6. The van der Waals surface area contributed by atoms with Crippen LogP contribution in [0.2, 0.25) is 0 Å². The molecule has 0 bridgehead atoms. The number of nitrogen functional groups attached to an aromatic ring is 1. The van der Waals surface area contributed by atoms with Crippen LogP contribution in [0.25, 0.3) is 5.82 Å². The van der Waals surface area contributed by atoms with Crippen LogP contribution in [0.15, 0.2) is 55.1 Å². The van der Waals surface area contributed by atoms with Crippen LogP contribution in [0.5, 0.6) is 0 Å². The summed E-state index contributed by atoms with van der Waals surface area (Å²) in [5, 5.41) is 7.53. The summed E-state index contributed by atoms with van der Waals surface area (Å²) >= 11 is 0. The molecule has 2 heterocycles. The van der Waals surface area contributed by atoms with Crippen molar-refractivity contribution in [3.8, 4) is 5.82 Å². The van der Waals surface area contributed by atoms with Crippen LogP contribution in [0.3, 0.4) is 0 Å². The first kappa shape index (κ1) is 15.0. The van der Waals surface area contributed by atoms with Crippen LogP contribution in [0, 0.1) is 0 Å². The lowest BCUT2D eigenvalue weighted by molar-refractivity contribution is 0.702. The van der Waals surface area contributed by atoms with E-state index < -0.39 is 0 Å². The minimum Gasteiger partial charge on any atom is -0.393 e.